The highest BCUT2D eigenvalue weighted by Crippen LogP contribution is 2.30. The summed E-state index contributed by atoms with van der Waals surface area (Å²) in [7, 11) is 0. The Morgan fingerprint density at radius 1 is 1.50 bits per heavy atom. The molecule has 0 radical (unpaired) electrons. The second-order valence-electron chi connectivity index (χ2n) is 5.14. The Morgan fingerprint density at radius 3 is 3.10 bits per heavy atom. The minimum Gasteiger partial charge on any atom is -0.458 e. The molecule has 0 saturated carbocycles. The summed E-state index contributed by atoms with van der Waals surface area (Å²) in [6, 6.07) is 7.39. The number of benzene rings is 1. The van der Waals surface area contributed by atoms with Crippen LogP contribution in [0.15, 0.2) is 28.7 Å². The molecule has 1 fully saturated rings. The van der Waals surface area contributed by atoms with E-state index in [2.05, 4.69) is 11.8 Å². The SMILES string of the molecule is CCN1CCOC(C(N)c2cc3cccc(Cl)c3o2)C1. The van der Waals surface area contributed by atoms with Gasteiger partial charge in [0, 0.05) is 18.5 Å². The zero-order chi connectivity index (χ0) is 14.1. The van der Waals surface area contributed by atoms with E-state index in [1.165, 1.54) is 0 Å². The fraction of sp³-hybridized carbons (Fsp3) is 0.467. The molecular weight excluding hydrogens is 276 g/mol. The lowest BCUT2D eigenvalue weighted by Gasteiger charge is -2.34. The summed E-state index contributed by atoms with van der Waals surface area (Å²) in [5, 5.41) is 1.59. The van der Waals surface area contributed by atoms with Crippen LogP contribution in [-0.2, 0) is 4.74 Å². The minimum atomic E-state index is -0.271. The monoisotopic (exact) mass is 294 g/mol. The predicted octanol–water partition coefficient (Wildman–Crippen LogP) is 2.81. The van der Waals surface area contributed by atoms with Crippen LogP contribution in [-0.4, -0.2) is 37.2 Å². The van der Waals surface area contributed by atoms with Gasteiger partial charge in [0.2, 0.25) is 0 Å². The van der Waals surface area contributed by atoms with Gasteiger partial charge in [-0.2, -0.15) is 0 Å². The first kappa shape index (κ1) is 13.9. The maximum Gasteiger partial charge on any atom is 0.152 e. The zero-order valence-electron chi connectivity index (χ0n) is 11.5. The second kappa shape index (κ2) is 5.74. The third kappa shape index (κ3) is 2.56. The van der Waals surface area contributed by atoms with Gasteiger partial charge in [0.05, 0.1) is 23.8 Å². The Kier molecular flexibility index (Phi) is 3.98. The average Bonchev–Trinajstić information content (AvgIpc) is 2.92. The summed E-state index contributed by atoms with van der Waals surface area (Å²) in [6.07, 6.45) is -0.0389. The van der Waals surface area contributed by atoms with Crippen molar-refractivity contribution in [3.05, 3.63) is 35.0 Å². The van der Waals surface area contributed by atoms with E-state index >= 15 is 0 Å². The number of furan rings is 1. The van der Waals surface area contributed by atoms with Gasteiger partial charge < -0.3 is 14.9 Å². The van der Waals surface area contributed by atoms with Gasteiger partial charge >= 0.3 is 0 Å². The molecule has 0 spiro atoms. The van der Waals surface area contributed by atoms with Gasteiger partial charge in [-0.15, -0.1) is 0 Å². The van der Waals surface area contributed by atoms with Crippen molar-refractivity contribution in [3.63, 3.8) is 0 Å². The van der Waals surface area contributed by atoms with Gasteiger partial charge in [-0.3, -0.25) is 4.90 Å². The third-order valence-corrected chi connectivity index (χ3v) is 4.17. The van der Waals surface area contributed by atoms with Crippen LogP contribution in [0.4, 0.5) is 0 Å². The molecule has 2 atom stereocenters. The standard InChI is InChI=1S/C15H19ClN2O2/c1-2-18-6-7-19-13(9-18)14(17)12-8-10-4-3-5-11(16)15(10)20-12/h3-5,8,13-14H,2,6-7,9,17H2,1H3. The van der Waals surface area contributed by atoms with Gasteiger partial charge in [0.1, 0.15) is 5.76 Å². The summed E-state index contributed by atoms with van der Waals surface area (Å²) in [6.45, 7) is 5.68. The fourth-order valence-corrected chi connectivity index (χ4v) is 2.85. The molecule has 2 heterocycles. The zero-order valence-corrected chi connectivity index (χ0v) is 12.3. The van der Waals surface area contributed by atoms with Crippen molar-refractivity contribution in [1.29, 1.82) is 0 Å². The van der Waals surface area contributed by atoms with E-state index in [0.29, 0.717) is 17.2 Å². The van der Waals surface area contributed by atoms with Crippen molar-refractivity contribution in [2.75, 3.05) is 26.2 Å². The third-order valence-electron chi connectivity index (χ3n) is 3.87. The van der Waals surface area contributed by atoms with Crippen molar-refractivity contribution in [2.24, 2.45) is 5.73 Å². The summed E-state index contributed by atoms with van der Waals surface area (Å²) in [5.74, 6) is 0.732. The lowest BCUT2D eigenvalue weighted by atomic mass is 10.1. The number of para-hydroxylation sites is 1. The quantitative estimate of drug-likeness (QED) is 0.946. The lowest BCUT2D eigenvalue weighted by Crippen LogP contribution is -2.46. The molecule has 2 aromatic rings. The molecule has 2 N–H and O–H groups in total. The number of halogens is 1. The highest BCUT2D eigenvalue weighted by Gasteiger charge is 2.28. The molecular formula is C15H19ClN2O2. The van der Waals surface area contributed by atoms with Crippen LogP contribution in [0, 0.1) is 0 Å². The molecule has 1 saturated heterocycles. The molecule has 20 heavy (non-hydrogen) atoms. The molecule has 0 aliphatic carbocycles. The predicted molar refractivity (Wildman–Crippen MR) is 80.0 cm³/mol. The van der Waals surface area contributed by atoms with Crippen LogP contribution >= 0.6 is 11.6 Å². The van der Waals surface area contributed by atoms with E-state index in [-0.39, 0.29) is 12.1 Å². The molecule has 5 heteroatoms. The number of nitrogens with zero attached hydrogens (tertiary/aromatic N) is 1. The van der Waals surface area contributed by atoms with Gasteiger partial charge in [0.15, 0.2) is 5.58 Å². The Hall–Kier alpha value is -1.07. The smallest absolute Gasteiger partial charge is 0.152 e. The molecule has 1 aliphatic rings. The van der Waals surface area contributed by atoms with Crippen molar-refractivity contribution in [2.45, 2.75) is 19.1 Å². The normalized spacial score (nSPS) is 22.2. The van der Waals surface area contributed by atoms with E-state index in [0.717, 1.165) is 30.8 Å². The van der Waals surface area contributed by atoms with E-state index in [4.69, 9.17) is 26.5 Å². The van der Waals surface area contributed by atoms with Crippen molar-refractivity contribution in [1.82, 2.24) is 4.90 Å². The first-order chi connectivity index (χ1) is 9.69. The second-order valence-corrected chi connectivity index (χ2v) is 5.54. The van der Waals surface area contributed by atoms with Crippen LogP contribution in [0.5, 0.6) is 0 Å². The van der Waals surface area contributed by atoms with Crippen LogP contribution in [0.1, 0.15) is 18.7 Å². The first-order valence-corrected chi connectivity index (χ1v) is 7.34. The fourth-order valence-electron chi connectivity index (χ4n) is 2.63. The lowest BCUT2D eigenvalue weighted by molar-refractivity contribution is -0.0419. The number of likely N-dealkylation sites (N-methyl/N-ethyl adjacent to an activating group) is 1. The minimum absolute atomic E-state index is 0.0389. The van der Waals surface area contributed by atoms with Gasteiger partial charge in [-0.05, 0) is 18.7 Å². The topological polar surface area (TPSA) is 51.6 Å². The largest absolute Gasteiger partial charge is 0.458 e. The molecule has 0 amide bonds. The number of hydrogen-bond acceptors (Lipinski definition) is 4. The molecule has 0 bridgehead atoms. The van der Waals surface area contributed by atoms with Crippen molar-refractivity contribution >= 4 is 22.6 Å². The highest BCUT2D eigenvalue weighted by molar-refractivity contribution is 6.34. The Balaban J connectivity index is 1.84. The highest BCUT2D eigenvalue weighted by atomic mass is 35.5. The van der Waals surface area contributed by atoms with Crippen molar-refractivity contribution in [3.8, 4) is 0 Å². The van der Waals surface area contributed by atoms with E-state index in [9.17, 15) is 0 Å². The van der Waals surface area contributed by atoms with Crippen molar-refractivity contribution < 1.29 is 9.15 Å². The molecule has 3 rings (SSSR count). The number of fused-ring (bicyclic) bond motifs is 1. The Morgan fingerprint density at radius 2 is 2.35 bits per heavy atom. The maximum atomic E-state index is 6.31. The molecule has 1 aromatic heterocycles. The maximum absolute atomic E-state index is 6.31. The molecule has 4 nitrogen and oxygen atoms in total. The number of rotatable bonds is 3. The first-order valence-electron chi connectivity index (χ1n) is 6.96. The summed E-state index contributed by atoms with van der Waals surface area (Å²) < 4.78 is 11.6. The summed E-state index contributed by atoms with van der Waals surface area (Å²) in [4.78, 5) is 2.34. The van der Waals surface area contributed by atoms with Gasteiger partial charge in [-0.25, -0.2) is 0 Å². The van der Waals surface area contributed by atoms with Crippen LogP contribution in [0.3, 0.4) is 0 Å². The van der Waals surface area contributed by atoms with E-state index in [1.807, 2.05) is 24.3 Å². The van der Waals surface area contributed by atoms with Gasteiger partial charge in [0.25, 0.3) is 0 Å². The summed E-state index contributed by atoms with van der Waals surface area (Å²) in [5.41, 5.74) is 7.01. The number of ether oxygens (including phenoxy) is 1. The molecule has 2 unspecified atom stereocenters. The van der Waals surface area contributed by atoms with E-state index in [1.54, 1.807) is 0 Å². The number of morpholine rings is 1. The Bertz CT molecular complexity index is 599. The molecule has 1 aliphatic heterocycles. The molecule has 1 aromatic carbocycles. The van der Waals surface area contributed by atoms with Crippen LogP contribution < -0.4 is 5.73 Å². The number of hydrogen-bond donors (Lipinski definition) is 1. The Labute approximate surface area is 123 Å². The molecule has 108 valence electrons. The van der Waals surface area contributed by atoms with Gasteiger partial charge in [-0.1, -0.05) is 30.7 Å². The van der Waals surface area contributed by atoms with Crippen LogP contribution in [0.25, 0.3) is 11.0 Å². The summed E-state index contributed by atoms with van der Waals surface area (Å²) >= 11 is 6.13. The van der Waals surface area contributed by atoms with Crippen LogP contribution in [0.2, 0.25) is 5.02 Å². The number of nitrogens with two attached hydrogens (primary N) is 1. The van der Waals surface area contributed by atoms with E-state index < -0.39 is 0 Å². The average molecular weight is 295 g/mol.